The predicted molar refractivity (Wildman–Crippen MR) is 76.5 cm³/mol. The summed E-state index contributed by atoms with van der Waals surface area (Å²) in [5, 5.41) is 0. The highest BCUT2D eigenvalue weighted by Gasteiger charge is 2.21. The van der Waals surface area contributed by atoms with Gasteiger partial charge in [0, 0.05) is 19.1 Å². The van der Waals surface area contributed by atoms with Gasteiger partial charge in [-0.15, -0.1) is 0 Å². The van der Waals surface area contributed by atoms with Crippen LogP contribution >= 0.6 is 0 Å². The molecule has 0 radical (unpaired) electrons. The van der Waals surface area contributed by atoms with Gasteiger partial charge in [0.25, 0.3) is 0 Å². The first-order valence-electron chi connectivity index (χ1n) is 6.95. The Hall–Kier alpha value is -0.980. The molecule has 20 heavy (non-hydrogen) atoms. The molecule has 6 heteroatoms. The molecule has 112 valence electrons. The normalized spacial score (nSPS) is 16.9. The van der Waals surface area contributed by atoms with Crippen LogP contribution in [-0.2, 0) is 10.0 Å². The van der Waals surface area contributed by atoms with Crippen LogP contribution < -0.4 is 4.72 Å². The fourth-order valence-corrected chi connectivity index (χ4v) is 3.72. The molecule has 1 saturated carbocycles. The van der Waals surface area contributed by atoms with E-state index in [1.165, 1.54) is 43.9 Å². The average Bonchev–Trinajstić information content (AvgIpc) is 2.92. The summed E-state index contributed by atoms with van der Waals surface area (Å²) >= 11 is 0. The molecule has 2 rings (SSSR count). The average molecular weight is 300 g/mol. The predicted octanol–water partition coefficient (Wildman–Crippen LogP) is 1.98. The van der Waals surface area contributed by atoms with E-state index >= 15 is 0 Å². The Kier molecular flexibility index (Phi) is 5.12. The van der Waals surface area contributed by atoms with Gasteiger partial charge in [0.1, 0.15) is 10.7 Å². The third-order valence-corrected chi connectivity index (χ3v) is 5.33. The van der Waals surface area contributed by atoms with Crippen molar-refractivity contribution >= 4 is 10.0 Å². The molecule has 1 aliphatic rings. The van der Waals surface area contributed by atoms with E-state index in [-0.39, 0.29) is 4.90 Å². The van der Waals surface area contributed by atoms with E-state index in [0.29, 0.717) is 19.1 Å². The van der Waals surface area contributed by atoms with Gasteiger partial charge in [-0.1, -0.05) is 25.0 Å². The molecule has 0 unspecified atom stereocenters. The lowest BCUT2D eigenvalue weighted by Gasteiger charge is -2.23. The zero-order chi connectivity index (χ0) is 14.6. The number of hydrogen-bond donors (Lipinski definition) is 1. The minimum Gasteiger partial charge on any atom is -0.302 e. The number of nitrogens with one attached hydrogen (secondary N) is 1. The van der Waals surface area contributed by atoms with Gasteiger partial charge < -0.3 is 4.90 Å². The van der Waals surface area contributed by atoms with Gasteiger partial charge in [-0.3, -0.25) is 0 Å². The lowest BCUT2D eigenvalue weighted by Crippen LogP contribution is -2.37. The Labute approximate surface area is 120 Å². The summed E-state index contributed by atoms with van der Waals surface area (Å²) in [6.45, 7) is 0.933. The van der Waals surface area contributed by atoms with Crippen LogP contribution in [0.2, 0.25) is 0 Å². The summed E-state index contributed by atoms with van der Waals surface area (Å²) in [5.74, 6) is -0.718. The second kappa shape index (κ2) is 6.65. The van der Waals surface area contributed by atoms with Gasteiger partial charge in [0.05, 0.1) is 0 Å². The maximum Gasteiger partial charge on any atom is 0.243 e. The van der Waals surface area contributed by atoms with Gasteiger partial charge in [0.15, 0.2) is 0 Å². The highest BCUT2D eigenvalue weighted by Crippen LogP contribution is 2.22. The van der Waals surface area contributed by atoms with E-state index in [1.54, 1.807) is 0 Å². The van der Waals surface area contributed by atoms with E-state index in [4.69, 9.17) is 0 Å². The molecule has 0 bridgehead atoms. The standard InChI is InChI=1S/C14H21FN2O2S/c1-17(12-6-2-3-7-12)11-10-16-20(18,19)14-9-5-4-8-13(14)15/h4-5,8-9,12,16H,2-3,6-7,10-11H2,1H3. The highest BCUT2D eigenvalue weighted by molar-refractivity contribution is 7.89. The van der Waals surface area contributed by atoms with E-state index in [1.807, 2.05) is 7.05 Å². The summed E-state index contributed by atoms with van der Waals surface area (Å²) in [5.41, 5.74) is 0. The molecular formula is C14H21FN2O2S. The van der Waals surface area contributed by atoms with Gasteiger partial charge in [0.2, 0.25) is 10.0 Å². The lowest BCUT2D eigenvalue weighted by molar-refractivity contribution is 0.250. The minimum atomic E-state index is -3.76. The molecule has 1 aromatic rings. The molecule has 1 N–H and O–H groups in total. The van der Waals surface area contributed by atoms with Gasteiger partial charge in [-0.05, 0) is 32.0 Å². The fourth-order valence-electron chi connectivity index (χ4n) is 2.62. The molecule has 0 saturated heterocycles. The number of hydrogen-bond acceptors (Lipinski definition) is 3. The number of benzene rings is 1. The number of rotatable bonds is 6. The zero-order valence-electron chi connectivity index (χ0n) is 11.7. The largest absolute Gasteiger partial charge is 0.302 e. The quantitative estimate of drug-likeness (QED) is 0.874. The van der Waals surface area contributed by atoms with Crippen molar-refractivity contribution in [3.8, 4) is 0 Å². The van der Waals surface area contributed by atoms with Gasteiger partial charge in [-0.25, -0.2) is 17.5 Å². The summed E-state index contributed by atoms with van der Waals surface area (Å²) in [6, 6.07) is 5.97. The number of nitrogens with zero attached hydrogens (tertiary/aromatic N) is 1. The molecule has 0 spiro atoms. The van der Waals surface area contributed by atoms with Crippen molar-refractivity contribution in [3.05, 3.63) is 30.1 Å². The van der Waals surface area contributed by atoms with E-state index in [9.17, 15) is 12.8 Å². The molecule has 0 amide bonds. The molecule has 1 aromatic carbocycles. The van der Waals surface area contributed by atoms with Crippen LogP contribution in [0.3, 0.4) is 0 Å². The summed E-state index contributed by atoms with van der Waals surface area (Å²) in [7, 11) is -1.75. The molecule has 1 aliphatic carbocycles. The fraction of sp³-hybridized carbons (Fsp3) is 0.571. The second-order valence-corrected chi connectivity index (χ2v) is 6.98. The molecule has 0 heterocycles. The monoisotopic (exact) mass is 300 g/mol. The van der Waals surface area contributed by atoms with Crippen molar-refractivity contribution in [1.29, 1.82) is 0 Å². The summed E-state index contributed by atoms with van der Waals surface area (Å²) in [4.78, 5) is 1.89. The lowest BCUT2D eigenvalue weighted by atomic mass is 10.2. The van der Waals surface area contributed by atoms with Crippen molar-refractivity contribution in [2.24, 2.45) is 0 Å². The van der Waals surface area contributed by atoms with E-state index < -0.39 is 15.8 Å². The third kappa shape index (κ3) is 3.77. The van der Waals surface area contributed by atoms with Crippen LogP contribution in [0, 0.1) is 5.82 Å². The Balaban J connectivity index is 1.88. The van der Waals surface area contributed by atoms with Crippen LogP contribution in [0.25, 0.3) is 0 Å². The Morgan fingerprint density at radius 2 is 1.95 bits per heavy atom. The molecule has 4 nitrogen and oxygen atoms in total. The Bertz CT molecular complexity index is 542. The number of sulfonamides is 1. The number of halogens is 1. The number of likely N-dealkylation sites (N-methyl/N-ethyl adjacent to an activating group) is 1. The second-order valence-electron chi connectivity index (χ2n) is 5.25. The van der Waals surface area contributed by atoms with Crippen molar-refractivity contribution in [3.63, 3.8) is 0 Å². The Morgan fingerprint density at radius 1 is 1.30 bits per heavy atom. The van der Waals surface area contributed by atoms with Gasteiger partial charge in [-0.2, -0.15) is 0 Å². The summed E-state index contributed by atoms with van der Waals surface area (Å²) < 4.78 is 39.9. The maximum absolute atomic E-state index is 13.5. The van der Waals surface area contributed by atoms with Crippen molar-refractivity contribution in [2.45, 2.75) is 36.6 Å². The van der Waals surface area contributed by atoms with Gasteiger partial charge >= 0.3 is 0 Å². The molecule has 0 atom stereocenters. The minimum absolute atomic E-state index is 0.288. The summed E-state index contributed by atoms with van der Waals surface area (Å²) in [6.07, 6.45) is 4.85. The smallest absolute Gasteiger partial charge is 0.243 e. The topological polar surface area (TPSA) is 49.4 Å². The van der Waals surface area contributed by atoms with Crippen molar-refractivity contribution < 1.29 is 12.8 Å². The van der Waals surface area contributed by atoms with Crippen LogP contribution in [0.4, 0.5) is 4.39 Å². The molecular weight excluding hydrogens is 279 g/mol. The first kappa shape index (κ1) is 15.4. The van der Waals surface area contributed by atoms with Crippen molar-refractivity contribution in [2.75, 3.05) is 20.1 Å². The molecule has 0 aliphatic heterocycles. The SMILES string of the molecule is CN(CCNS(=O)(=O)c1ccccc1F)C1CCCC1. The Morgan fingerprint density at radius 3 is 2.60 bits per heavy atom. The highest BCUT2D eigenvalue weighted by atomic mass is 32.2. The van der Waals surface area contributed by atoms with Crippen LogP contribution in [0.15, 0.2) is 29.2 Å². The maximum atomic E-state index is 13.5. The van der Waals surface area contributed by atoms with Crippen LogP contribution in [0.1, 0.15) is 25.7 Å². The van der Waals surface area contributed by atoms with E-state index in [2.05, 4.69) is 9.62 Å². The van der Waals surface area contributed by atoms with Crippen LogP contribution in [0.5, 0.6) is 0 Å². The van der Waals surface area contributed by atoms with Crippen molar-refractivity contribution in [1.82, 2.24) is 9.62 Å². The first-order valence-corrected chi connectivity index (χ1v) is 8.43. The molecule has 1 fully saturated rings. The third-order valence-electron chi connectivity index (χ3n) is 3.83. The van der Waals surface area contributed by atoms with E-state index in [0.717, 1.165) is 6.07 Å². The van der Waals surface area contributed by atoms with Crippen LogP contribution in [-0.4, -0.2) is 39.5 Å². The molecule has 0 aromatic heterocycles. The zero-order valence-corrected chi connectivity index (χ0v) is 12.5. The first-order chi connectivity index (χ1) is 9.50.